The first-order chi connectivity index (χ1) is 4.22. The van der Waals surface area contributed by atoms with Crippen LogP contribution in [0.1, 0.15) is 0 Å². The first-order valence-corrected chi connectivity index (χ1v) is 3.22. The minimum Gasteiger partial charge on any atom is -0.357 e. The Bertz CT molecular complexity index is 231. The molecule has 1 unspecified atom stereocenters. The molecule has 48 valence electrons. The van der Waals surface area contributed by atoms with Gasteiger partial charge in [0.15, 0.2) is 17.0 Å². The van der Waals surface area contributed by atoms with Gasteiger partial charge in [-0.15, -0.1) is 0 Å². The number of nitro groups is 1. The zero-order valence-electron chi connectivity index (χ0n) is 4.18. The van der Waals surface area contributed by atoms with Gasteiger partial charge in [0.2, 0.25) is 0 Å². The molecule has 0 aliphatic carbocycles. The largest absolute Gasteiger partial charge is 0.434 e. The molecule has 0 bridgehead atoms. The van der Waals surface area contributed by atoms with E-state index in [1.807, 2.05) is 0 Å². The van der Waals surface area contributed by atoms with Gasteiger partial charge in [0.05, 0.1) is 5.41 Å². The number of hydrogen-bond donors (Lipinski definition) is 0. The van der Waals surface area contributed by atoms with Crippen LogP contribution >= 0.6 is 0 Å². The first kappa shape index (κ1) is 6.09. The van der Waals surface area contributed by atoms with E-state index < -0.39 is 20.9 Å². The number of nitrogens with zero attached hydrogens (tertiary/aromatic N) is 2. The van der Waals surface area contributed by atoms with Crippen LogP contribution in [0.5, 0.6) is 0 Å². The molecule has 1 atom stereocenters. The van der Waals surface area contributed by atoms with Crippen LogP contribution < -0.4 is 0 Å². The Morgan fingerprint density at radius 3 is 2.67 bits per heavy atom. The molecule has 1 rings (SSSR count). The lowest BCUT2D eigenvalue weighted by atomic mass is 11.0. The molecular formula is C3H2N2O3S. The molecule has 0 saturated heterocycles. The van der Waals surface area contributed by atoms with Crippen LogP contribution in [0.4, 0.5) is 0 Å². The quantitative estimate of drug-likeness (QED) is 0.352. The van der Waals surface area contributed by atoms with E-state index >= 15 is 0 Å². The van der Waals surface area contributed by atoms with Gasteiger partial charge >= 0.3 is 5.17 Å². The van der Waals surface area contributed by atoms with Crippen molar-refractivity contribution in [2.45, 2.75) is 0 Å². The highest BCUT2D eigenvalue weighted by molar-refractivity contribution is 8.02. The second-order valence-corrected chi connectivity index (χ2v) is 2.48. The lowest BCUT2D eigenvalue weighted by molar-refractivity contribution is -0.343. The highest BCUT2D eigenvalue weighted by Gasteiger charge is 2.22. The maximum absolute atomic E-state index is 10.5. The Kier molecular flexibility index (Phi) is 1.39. The molecule has 0 saturated carbocycles. The van der Waals surface area contributed by atoms with Crippen molar-refractivity contribution < 1.29 is 9.13 Å². The summed E-state index contributed by atoms with van der Waals surface area (Å²) in [6.45, 7) is 0. The third-order valence-corrected chi connectivity index (χ3v) is 1.69. The van der Waals surface area contributed by atoms with Gasteiger partial charge in [-0.3, -0.25) is 0 Å². The van der Waals surface area contributed by atoms with Crippen molar-refractivity contribution in [3.05, 3.63) is 21.7 Å². The predicted octanol–water partition coefficient (Wildman–Crippen LogP) is -0.147. The maximum Gasteiger partial charge on any atom is 0.434 e. The van der Waals surface area contributed by atoms with E-state index in [4.69, 9.17) is 0 Å². The minimum atomic E-state index is -1.62. The van der Waals surface area contributed by atoms with Crippen molar-refractivity contribution in [1.29, 1.82) is 0 Å². The average molecular weight is 146 g/mol. The highest BCUT2D eigenvalue weighted by Crippen LogP contribution is 2.00. The van der Waals surface area contributed by atoms with Gasteiger partial charge in [-0.25, -0.2) is 4.21 Å². The summed E-state index contributed by atoms with van der Waals surface area (Å²) >= 11 is 0. The van der Waals surface area contributed by atoms with Gasteiger partial charge in [0, 0.05) is 0 Å². The van der Waals surface area contributed by atoms with Gasteiger partial charge < -0.3 is 10.1 Å². The van der Waals surface area contributed by atoms with Gasteiger partial charge in [0.25, 0.3) is 0 Å². The van der Waals surface area contributed by atoms with Crippen LogP contribution in [-0.2, 0) is 10.8 Å². The normalized spacial score (nSPS) is 24.0. The molecule has 1 aliphatic heterocycles. The van der Waals surface area contributed by atoms with Gasteiger partial charge in [-0.2, -0.15) is 0 Å². The summed E-state index contributed by atoms with van der Waals surface area (Å²) in [7, 11) is -1.62. The fourth-order valence-electron chi connectivity index (χ4n) is 0.383. The van der Waals surface area contributed by atoms with Gasteiger partial charge in [-0.05, 0) is 9.92 Å². The first-order valence-electron chi connectivity index (χ1n) is 2.01. The lowest BCUT2D eigenvalue weighted by Gasteiger charge is -1.86. The van der Waals surface area contributed by atoms with Crippen molar-refractivity contribution in [2.75, 3.05) is 0 Å². The summed E-state index contributed by atoms with van der Waals surface area (Å²) in [6, 6.07) is 0. The second kappa shape index (κ2) is 2.06. The summed E-state index contributed by atoms with van der Waals surface area (Å²) < 4.78 is 10.5. The van der Waals surface area contributed by atoms with Crippen LogP contribution in [-0.4, -0.2) is 14.3 Å². The minimum absolute atomic E-state index is 0.491. The molecule has 0 aromatic carbocycles. The van der Waals surface area contributed by atoms with Crippen molar-refractivity contribution in [3.8, 4) is 0 Å². The lowest BCUT2D eigenvalue weighted by Crippen LogP contribution is -2.13. The van der Waals surface area contributed by atoms with Crippen LogP contribution in [0.3, 0.4) is 0 Å². The molecular weight excluding hydrogens is 144 g/mol. The molecule has 0 aromatic rings. The van der Waals surface area contributed by atoms with E-state index in [-0.39, 0.29) is 0 Å². The summed E-state index contributed by atoms with van der Waals surface area (Å²) in [5.74, 6) is 0. The second-order valence-electron chi connectivity index (χ2n) is 1.25. The molecule has 0 amide bonds. The van der Waals surface area contributed by atoms with Crippen molar-refractivity contribution in [3.63, 3.8) is 0 Å². The van der Waals surface area contributed by atoms with E-state index in [1.165, 1.54) is 0 Å². The van der Waals surface area contributed by atoms with Crippen molar-refractivity contribution in [1.82, 2.24) is 0 Å². The number of rotatable bonds is 0. The molecule has 0 radical (unpaired) electrons. The Balaban J connectivity index is 2.88. The molecule has 0 spiro atoms. The Morgan fingerprint density at radius 2 is 2.44 bits per heavy atom. The Hall–Kier alpha value is -1.04. The van der Waals surface area contributed by atoms with Crippen LogP contribution in [0, 0.1) is 10.1 Å². The average Bonchev–Trinajstić information content (AvgIpc) is 2.13. The van der Waals surface area contributed by atoms with E-state index in [1.54, 1.807) is 0 Å². The maximum atomic E-state index is 10.5. The SMILES string of the molecule is O=[N+]([O-])C1=NC=CS1=O. The summed E-state index contributed by atoms with van der Waals surface area (Å²) in [6.07, 6.45) is 1.16. The molecule has 6 heteroatoms. The standard InChI is InChI=1S/C3H2N2O3S/c6-5(7)3-4-1-2-9(3)8/h1-2H. The highest BCUT2D eigenvalue weighted by atomic mass is 32.2. The molecule has 1 aliphatic rings. The number of amidine groups is 1. The van der Waals surface area contributed by atoms with Gasteiger partial charge in [0.1, 0.15) is 0 Å². The number of hydrogen-bond acceptors (Lipinski definition) is 4. The smallest absolute Gasteiger partial charge is 0.357 e. The van der Waals surface area contributed by atoms with Crippen LogP contribution in [0.2, 0.25) is 0 Å². The summed E-state index contributed by atoms with van der Waals surface area (Å²) in [4.78, 5) is 12.4. The summed E-state index contributed by atoms with van der Waals surface area (Å²) in [5, 5.41) is 10.5. The molecule has 1 heterocycles. The van der Waals surface area contributed by atoms with E-state index in [0.29, 0.717) is 0 Å². The molecule has 0 N–H and O–H groups in total. The Labute approximate surface area is 52.7 Å². The third kappa shape index (κ3) is 1.02. The molecule has 0 aromatic heterocycles. The van der Waals surface area contributed by atoms with Gasteiger partial charge in [-0.1, -0.05) is 0 Å². The van der Waals surface area contributed by atoms with E-state index in [2.05, 4.69) is 4.99 Å². The molecule has 0 fully saturated rings. The van der Waals surface area contributed by atoms with Crippen molar-refractivity contribution in [2.24, 2.45) is 4.99 Å². The van der Waals surface area contributed by atoms with Crippen LogP contribution in [0.15, 0.2) is 16.6 Å². The molecule has 5 nitrogen and oxygen atoms in total. The zero-order valence-corrected chi connectivity index (χ0v) is 5.00. The van der Waals surface area contributed by atoms with Crippen LogP contribution in [0.25, 0.3) is 0 Å². The Morgan fingerprint density at radius 1 is 1.78 bits per heavy atom. The molecule has 9 heavy (non-hydrogen) atoms. The fourth-order valence-corrected chi connectivity index (χ4v) is 0.988. The monoisotopic (exact) mass is 146 g/mol. The number of aliphatic imine (C=N–C) groups is 1. The van der Waals surface area contributed by atoms with E-state index in [9.17, 15) is 14.3 Å². The summed E-state index contributed by atoms with van der Waals surface area (Å²) in [5.41, 5.74) is 0. The topological polar surface area (TPSA) is 72.6 Å². The third-order valence-electron chi connectivity index (χ3n) is 0.706. The fraction of sp³-hybridized carbons (Fsp3) is 0. The van der Waals surface area contributed by atoms with E-state index in [0.717, 1.165) is 11.6 Å². The predicted molar refractivity (Wildman–Crippen MR) is 31.7 cm³/mol. The zero-order chi connectivity index (χ0) is 6.85. The van der Waals surface area contributed by atoms with Crippen molar-refractivity contribution >= 4 is 16.0 Å².